The van der Waals surface area contributed by atoms with E-state index in [4.69, 9.17) is 15.7 Å². The Balaban J connectivity index is 4.61. The zero-order chi connectivity index (χ0) is 12.9. The van der Waals surface area contributed by atoms with Gasteiger partial charge in [-0.1, -0.05) is 5.16 Å². The summed E-state index contributed by atoms with van der Waals surface area (Å²) in [6.45, 7) is 9.05. The van der Waals surface area contributed by atoms with Gasteiger partial charge in [-0.05, 0) is 34.6 Å². The fourth-order valence-electron chi connectivity index (χ4n) is 0.985. The highest BCUT2D eigenvalue weighted by Crippen LogP contribution is 2.11. The number of rotatable bonds is 3. The van der Waals surface area contributed by atoms with Crippen molar-refractivity contribution in [1.29, 1.82) is 0 Å². The number of ether oxygens (including phenoxy) is 1. The molecule has 0 spiro atoms. The minimum absolute atomic E-state index is 0.0282. The Morgan fingerprint density at radius 2 is 2.00 bits per heavy atom. The molecule has 1 amide bonds. The molecular weight excluding hydrogens is 210 g/mol. The first-order chi connectivity index (χ1) is 7.17. The monoisotopic (exact) mass is 231 g/mol. The highest BCUT2D eigenvalue weighted by atomic mass is 16.6. The van der Waals surface area contributed by atoms with Crippen LogP contribution in [0.15, 0.2) is 5.16 Å². The second kappa shape index (κ2) is 5.58. The molecule has 0 saturated carbocycles. The molecule has 0 atom stereocenters. The van der Waals surface area contributed by atoms with E-state index in [-0.39, 0.29) is 18.4 Å². The Labute approximate surface area is 96.0 Å². The van der Waals surface area contributed by atoms with Crippen LogP contribution in [-0.2, 0) is 4.74 Å². The summed E-state index contributed by atoms with van der Waals surface area (Å²) >= 11 is 0. The van der Waals surface area contributed by atoms with Crippen molar-refractivity contribution in [2.75, 3.05) is 6.54 Å². The fourth-order valence-corrected chi connectivity index (χ4v) is 0.985. The molecular formula is C10H21N3O3. The molecule has 6 heteroatoms. The Morgan fingerprint density at radius 1 is 1.50 bits per heavy atom. The van der Waals surface area contributed by atoms with Crippen LogP contribution >= 0.6 is 0 Å². The van der Waals surface area contributed by atoms with Crippen LogP contribution in [-0.4, -0.2) is 40.2 Å². The summed E-state index contributed by atoms with van der Waals surface area (Å²) in [5.74, 6) is -0.0282. The highest BCUT2D eigenvalue weighted by molar-refractivity contribution is 5.85. The van der Waals surface area contributed by atoms with Gasteiger partial charge >= 0.3 is 6.09 Å². The molecule has 16 heavy (non-hydrogen) atoms. The van der Waals surface area contributed by atoms with Crippen LogP contribution in [0.2, 0.25) is 0 Å². The van der Waals surface area contributed by atoms with E-state index in [1.165, 1.54) is 4.90 Å². The largest absolute Gasteiger partial charge is 0.444 e. The third kappa shape index (κ3) is 5.43. The molecule has 0 heterocycles. The molecule has 94 valence electrons. The topological polar surface area (TPSA) is 88.1 Å². The quantitative estimate of drug-likeness (QED) is 0.332. The lowest BCUT2D eigenvalue weighted by Gasteiger charge is -2.29. The first kappa shape index (κ1) is 14.5. The van der Waals surface area contributed by atoms with Crippen LogP contribution in [0.4, 0.5) is 4.79 Å². The average molecular weight is 231 g/mol. The van der Waals surface area contributed by atoms with Crippen molar-refractivity contribution in [2.24, 2.45) is 10.9 Å². The Kier molecular flexibility index (Phi) is 5.07. The van der Waals surface area contributed by atoms with E-state index < -0.39 is 11.7 Å². The van der Waals surface area contributed by atoms with Gasteiger partial charge in [-0.3, -0.25) is 4.90 Å². The molecule has 0 saturated heterocycles. The zero-order valence-corrected chi connectivity index (χ0v) is 10.5. The molecule has 0 aliphatic rings. The minimum atomic E-state index is -0.560. The van der Waals surface area contributed by atoms with Crippen LogP contribution in [0.25, 0.3) is 0 Å². The van der Waals surface area contributed by atoms with Gasteiger partial charge < -0.3 is 15.7 Å². The summed E-state index contributed by atoms with van der Waals surface area (Å²) in [6.07, 6.45) is -0.478. The number of amidine groups is 1. The number of nitrogens with zero attached hydrogens (tertiary/aromatic N) is 2. The fraction of sp³-hybridized carbons (Fsp3) is 0.800. The van der Waals surface area contributed by atoms with Crippen LogP contribution in [0, 0.1) is 0 Å². The Hall–Kier alpha value is -1.46. The predicted molar refractivity (Wildman–Crippen MR) is 61.5 cm³/mol. The number of oxime groups is 1. The van der Waals surface area contributed by atoms with Crippen molar-refractivity contribution in [2.45, 2.75) is 46.3 Å². The molecule has 0 aliphatic heterocycles. The summed E-state index contributed by atoms with van der Waals surface area (Å²) in [5.41, 5.74) is 4.80. The van der Waals surface area contributed by atoms with Crippen molar-refractivity contribution in [3.05, 3.63) is 0 Å². The smallest absolute Gasteiger partial charge is 0.410 e. The maximum atomic E-state index is 11.8. The van der Waals surface area contributed by atoms with Gasteiger partial charge in [-0.2, -0.15) is 0 Å². The van der Waals surface area contributed by atoms with E-state index in [0.717, 1.165) is 0 Å². The highest BCUT2D eigenvalue weighted by Gasteiger charge is 2.24. The first-order valence-electron chi connectivity index (χ1n) is 5.13. The van der Waals surface area contributed by atoms with Crippen molar-refractivity contribution in [1.82, 2.24) is 4.90 Å². The summed E-state index contributed by atoms with van der Waals surface area (Å²) in [5, 5.41) is 11.3. The van der Waals surface area contributed by atoms with Gasteiger partial charge in [0.25, 0.3) is 0 Å². The van der Waals surface area contributed by atoms with Gasteiger partial charge in [0.15, 0.2) is 5.84 Å². The van der Waals surface area contributed by atoms with Crippen LogP contribution in [0.1, 0.15) is 34.6 Å². The van der Waals surface area contributed by atoms with Crippen LogP contribution in [0.3, 0.4) is 0 Å². The van der Waals surface area contributed by atoms with Crippen molar-refractivity contribution in [3.63, 3.8) is 0 Å². The molecule has 0 aromatic rings. The van der Waals surface area contributed by atoms with Gasteiger partial charge in [-0.25, -0.2) is 4.79 Å². The number of carbonyl (C=O) groups is 1. The lowest BCUT2D eigenvalue weighted by atomic mass is 10.2. The normalized spacial score (nSPS) is 12.8. The lowest BCUT2D eigenvalue weighted by molar-refractivity contribution is 0.0224. The zero-order valence-electron chi connectivity index (χ0n) is 10.5. The van der Waals surface area contributed by atoms with Gasteiger partial charge in [0, 0.05) is 6.04 Å². The first-order valence-corrected chi connectivity index (χ1v) is 5.13. The van der Waals surface area contributed by atoms with Crippen LogP contribution in [0.5, 0.6) is 0 Å². The summed E-state index contributed by atoms with van der Waals surface area (Å²) in [6, 6.07) is -0.0878. The lowest BCUT2D eigenvalue weighted by Crippen LogP contribution is -2.45. The number of hydrogen-bond acceptors (Lipinski definition) is 4. The van der Waals surface area contributed by atoms with E-state index in [9.17, 15) is 4.79 Å². The molecule has 0 rings (SSSR count). The van der Waals surface area contributed by atoms with E-state index >= 15 is 0 Å². The molecule has 0 radical (unpaired) electrons. The van der Waals surface area contributed by atoms with E-state index in [1.54, 1.807) is 20.8 Å². The average Bonchev–Trinajstić information content (AvgIpc) is 2.09. The molecule has 0 unspecified atom stereocenters. The second-order valence-corrected chi connectivity index (χ2v) is 4.79. The second-order valence-electron chi connectivity index (χ2n) is 4.79. The van der Waals surface area contributed by atoms with Crippen molar-refractivity contribution < 1.29 is 14.7 Å². The summed E-state index contributed by atoms with van der Waals surface area (Å²) < 4.78 is 5.20. The van der Waals surface area contributed by atoms with Gasteiger partial charge in [0.05, 0.1) is 6.54 Å². The Bertz CT molecular complexity index is 269. The Morgan fingerprint density at radius 3 is 2.31 bits per heavy atom. The number of nitrogens with two attached hydrogens (primary N) is 1. The minimum Gasteiger partial charge on any atom is -0.444 e. The van der Waals surface area contributed by atoms with Gasteiger partial charge in [-0.15, -0.1) is 0 Å². The van der Waals surface area contributed by atoms with E-state index in [0.29, 0.717) is 0 Å². The SMILES string of the molecule is CC(C)N(CC(N)=NO)C(=O)OC(C)(C)C. The molecule has 0 aromatic carbocycles. The third-order valence-corrected chi connectivity index (χ3v) is 1.71. The maximum absolute atomic E-state index is 11.8. The summed E-state index contributed by atoms with van der Waals surface area (Å²) in [4.78, 5) is 13.2. The molecule has 0 bridgehead atoms. The summed E-state index contributed by atoms with van der Waals surface area (Å²) in [7, 11) is 0. The van der Waals surface area contributed by atoms with E-state index in [1.807, 2.05) is 13.8 Å². The maximum Gasteiger partial charge on any atom is 0.410 e. The standard InChI is InChI=1S/C10H21N3O3/c1-7(2)13(6-8(11)12-15)9(14)16-10(3,4)5/h7,15H,6H2,1-5H3,(H2,11,12). The molecule has 6 nitrogen and oxygen atoms in total. The predicted octanol–water partition coefficient (Wildman–Crippen LogP) is 1.38. The number of amides is 1. The number of hydrogen-bond donors (Lipinski definition) is 2. The van der Waals surface area contributed by atoms with Crippen molar-refractivity contribution >= 4 is 11.9 Å². The molecule has 0 aliphatic carbocycles. The van der Waals surface area contributed by atoms with Crippen LogP contribution < -0.4 is 5.73 Å². The molecule has 0 aromatic heterocycles. The van der Waals surface area contributed by atoms with Crippen molar-refractivity contribution in [3.8, 4) is 0 Å². The molecule has 3 N–H and O–H groups in total. The number of carbonyl (C=O) groups excluding carboxylic acids is 1. The van der Waals surface area contributed by atoms with Gasteiger partial charge in [0.1, 0.15) is 5.60 Å². The van der Waals surface area contributed by atoms with E-state index in [2.05, 4.69) is 5.16 Å². The van der Waals surface area contributed by atoms with Gasteiger partial charge in [0.2, 0.25) is 0 Å². The molecule has 0 fully saturated rings. The third-order valence-electron chi connectivity index (χ3n) is 1.71.